The molecular formula is C22H20ClN3O2. The molecule has 0 fully saturated rings. The molecule has 0 unspecified atom stereocenters. The Morgan fingerprint density at radius 1 is 0.964 bits per heavy atom. The van der Waals surface area contributed by atoms with Gasteiger partial charge in [-0.2, -0.15) is 0 Å². The van der Waals surface area contributed by atoms with Crippen LogP contribution in [0, 0.1) is 13.8 Å². The van der Waals surface area contributed by atoms with Crippen LogP contribution in [-0.4, -0.2) is 16.8 Å². The lowest BCUT2D eigenvalue weighted by atomic mass is 10.1. The smallest absolute Gasteiger partial charge is 0.274 e. The number of amides is 2. The zero-order chi connectivity index (χ0) is 20.1. The highest BCUT2D eigenvalue weighted by atomic mass is 35.5. The third-order valence-corrected chi connectivity index (χ3v) is 4.50. The van der Waals surface area contributed by atoms with Crippen LogP contribution in [0.15, 0.2) is 60.8 Å². The van der Waals surface area contributed by atoms with E-state index in [1.807, 2.05) is 38.1 Å². The van der Waals surface area contributed by atoms with Gasteiger partial charge in [-0.15, -0.1) is 0 Å². The summed E-state index contributed by atoms with van der Waals surface area (Å²) >= 11 is 5.94. The number of halogens is 1. The van der Waals surface area contributed by atoms with Gasteiger partial charge in [0.2, 0.25) is 0 Å². The van der Waals surface area contributed by atoms with Crippen molar-refractivity contribution in [3.63, 3.8) is 0 Å². The molecule has 0 bridgehead atoms. The van der Waals surface area contributed by atoms with Crippen molar-refractivity contribution in [1.82, 2.24) is 10.3 Å². The van der Waals surface area contributed by atoms with Crippen molar-refractivity contribution in [2.45, 2.75) is 20.4 Å². The second kappa shape index (κ2) is 8.67. The van der Waals surface area contributed by atoms with E-state index in [1.165, 1.54) is 12.3 Å². The van der Waals surface area contributed by atoms with Crippen molar-refractivity contribution in [3.05, 3.63) is 93.8 Å². The van der Waals surface area contributed by atoms with Gasteiger partial charge < -0.3 is 10.6 Å². The van der Waals surface area contributed by atoms with Crippen molar-refractivity contribution >= 4 is 29.1 Å². The Hall–Kier alpha value is -3.18. The lowest BCUT2D eigenvalue weighted by Crippen LogP contribution is -2.23. The number of aromatic nitrogens is 1. The largest absolute Gasteiger partial charge is 0.348 e. The minimum absolute atomic E-state index is 0.164. The molecule has 0 saturated carbocycles. The monoisotopic (exact) mass is 393 g/mol. The molecule has 2 amide bonds. The minimum Gasteiger partial charge on any atom is -0.348 e. The molecule has 2 aromatic carbocycles. The maximum atomic E-state index is 12.5. The molecule has 0 spiro atoms. The molecule has 0 aliphatic heterocycles. The highest BCUT2D eigenvalue weighted by molar-refractivity contribution is 6.30. The predicted molar refractivity (Wildman–Crippen MR) is 111 cm³/mol. The van der Waals surface area contributed by atoms with Crippen LogP contribution >= 0.6 is 11.6 Å². The Kier molecular flexibility index (Phi) is 6.06. The second-order valence-electron chi connectivity index (χ2n) is 6.51. The van der Waals surface area contributed by atoms with Crippen molar-refractivity contribution < 1.29 is 9.59 Å². The zero-order valence-corrected chi connectivity index (χ0v) is 16.4. The van der Waals surface area contributed by atoms with E-state index < -0.39 is 5.91 Å². The molecule has 1 aromatic heterocycles. The first-order valence-electron chi connectivity index (χ1n) is 8.79. The zero-order valence-electron chi connectivity index (χ0n) is 15.6. The fourth-order valence-corrected chi connectivity index (χ4v) is 2.87. The molecule has 28 heavy (non-hydrogen) atoms. The normalized spacial score (nSPS) is 10.4. The van der Waals surface area contributed by atoms with Crippen LogP contribution in [0.3, 0.4) is 0 Å². The molecule has 0 radical (unpaired) electrons. The van der Waals surface area contributed by atoms with E-state index in [0.717, 1.165) is 16.7 Å². The Morgan fingerprint density at radius 2 is 1.71 bits per heavy atom. The molecule has 0 saturated heterocycles. The summed E-state index contributed by atoms with van der Waals surface area (Å²) in [5.74, 6) is -0.654. The fourth-order valence-electron chi connectivity index (χ4n) is 2.64. The molecule has 5 nitrogen and oxygen atoms in total. The summed E-state index contributed by atoms with van der Waals surface area (Å²) in [4.78, 5) is 29.0. The Balaban J connectivity index is 1.67. The van der Waals surface area contributed by atoms with Gasteiger partial charge in [0, 0.05) is 29.0 Å². The summed E-state index contributed by atoms with van der Waals surface area (Å²) in [5.41, 5.74) is 4.19. The number of rotatable bonds is 5. The first kappa shape index (κ1) is 19.6. The van der Waals surface area contributed by atoms with Gasteiger partial charge in [0.05, 0.1) is 0 Å². The van der Waals surface area contributed by atoms with E-state index >= 15 is 0 Å². The lowest BCUT2D eigenvalue weighted by Gasteiger charge is -2.09. The van der Waals surface area contributed by atoms with E-state index in [0.29, 0.717) is 22.8 Å². The third-order valence-electron chi connectivity index (χ3n) is 4.27. The van der Waals surface area contributed by atoms with Crippen LogP contribution in [0.25, 0.3) is 0 Å². The molecule has 2 N–H and O–H groups in total. The maximum absolute atomic E-state index is 12.5. The number of pyridine rings is 1. The van der Waals surface area contributed by atoms with Crippen molar-refractivity contribution in [3.8, 4) is 0 Å². The van der Waals surface area contributed by atoms with E-state index in [2.05, 4.69) is 15.6 Å². The molecule has 0 aliphatic rings. The number of hydrogen-bond acceptors (Lipinski definition) is 3. The second-order valence-corrected chi connectivity index (χ2v) is 6.95. The summed E-state index contributed by atoms with van der Waals surface area (Å²) in [6.07, 6.45) is 1.45. The van der Waals surface area contributed by atoms with Gasteiger partial charge in [0.25, 0.3) is 11.8 Å². The molecule has 142 valence electrons. The summed E-state index contributed by atoms with van der Waals surface area (Å²) in [5, 5.41) is 6.24. The van der Waals surface area contributed by atoms with Gasteiger partial charge >= 0.3 is 0 Å². The quantitative estimate of drug-likeness (QED) is 0.668. The van der Waals surface area contributed by atoms with Crippen LogP contribution in [0.2, 0.25) is 5.02 Å². The number of carbonyl (C=O) groups excluding carboxylic acids is 2. The first-order chi connectivity index (χ1) is 13.4. The van der Waals surface area contributed by atoms with Crippen LogP contribution in [0.1, 0.15) is 37.5 Å². The maximum Gasteiger partial charge on any atom is 0.274 e. The highest BCUT2D eigenvalue weighted by Gasteiger charge is 2.13. The van der Waals surface area contributed by atoms with Crippen LogP contribution in [0.4, 0.5) is 5.69 Å². The van der Waals surface area contributed by atoms with Gasteiger partial charge in [-0.1, -0.05) is 41.4 Å². The molecule has 0 atom stereocenters. The Labute approximate surface area is 168 Å². The average Bonchev–Trinajstić information content (AvgIpc) is 2.69. The van der Waals surface area contributed by atoms with Crippen molar-refractivity contribution in [1.29, 1.82) is 0 Å². The first-order valence-corrected chi connectivity index (χ1v) is 9.17. The molecular weight excluding hydrogens is 374 g/mol. The van der Waals surface area contributed by atoms with E-state index in [4.69, 9.17) is 11.6 Å². The molecule has 3 rings (SSSR count). The molecule has 6 heteroatoms. The average molecular weight is 394 g/mol. The number of aryl methyl sites for hydroxylation is 2. The topological polar surface area (TPSA) is 71.1 Å². The van der Waals surface area contributed by atoms with Gasteiger partial charge in [-0.05, 0) is 55.3 Å². The van der Waals surface area contributed by atoms with Crippen LogP contribution in [0.5, 0.6) is 0 Å². The summed E-state index contributed by atoms with van der Waals surface area (Å²) < 4.78 is 0. The lowest BCUT2D eigenvalue weighted by molar-refractivity contribution is 0.0951. The van der Waals surface area contributed by atoms with E-state index in [1.54, 1.807) is 24.3 Å². The van der Waals surface area contributed by atoms with Crippen LogP contribution < -0.4 is 10.6 Å². The van der Waals surface area contributed by atoms with Crippen molar-refractivity contribution in [2.75, 3.05) is 5.32 Å². The third kappa shape index (κ3) is 4.96. The number of nitrogens with zero attached hydrogens (tertiary/aromatic N) is 1. The number of carbonyl (C=O) groups is 2. The highest BCUT2D eigenvalue weighted by Crippen LogP contribution is 2.20. The summed E-state index contributed by atoms with van der Waals surface area (Å²) in [7, 11) is 0. The van der Waals surface area contributed by atoms with Gasteiger partial charge in [-0.25, -0.2) is 0 Å². The SMILES string of the molecule is Cc1ccc(CNC(=O)c2ccnc(C(=O)Nc3ccc(Cl)cc3C)c2)cc1. The van der Waals surface area contributed by atoms with Gasteiger partial charge in [0.1, 0.15) is 5.69 Å². The number of anilines is 1. The van der Waals surface area contributed by atoms with E-state index in [9.17, 15) is 9.59 Å². The molecule has 3 aromatic rings. The molecule has 1 heterocycles. The minimum atomic E-state index is -0.390. The number of hydrogen-bond donors (Lipinski definition) is 2. The Morgan fingerprint density at radius 3 is 2.43 bits per heavy atom. The summed E-state index contributed by atoms with van der Waals surface area (Å²) in [6.45, 7) is 4.27. The molecule has 0 aliphatic carbocycles. The Bertz CT molecular complexity index is 1020. The predicted octanol–water partition coefficient (Wildman–Crippen LogP) is 4.53. The number of benzene rings is 2. The number of nitrogens with one attached hydrogen (secondary N) is 2. The summed E-state index contributed by atoms with van der Waals surface area (Å²) in [6, 6.07) is 16.2. The standard InChI is InChI=1S/C22H20ClN3O2/c1-14-3-5-16(6-4-14)13-25-21(27)17-9-10-24-20(12-17)22(28)26-19-8-7-18(23)11-15(19)2/h3-12H,13H2,1-2H3,(H,25,27)(H,26,28). The van der Waals surface area contributed by atoms with Gasteiger partial charge in [0.15, 0.2) is 0 Å². The van der Waals surface area contributed by atoms with Crippen molar-refractivity contribution in [2.24, 2.45) is 0 Å². The van der Waals surface area contributed by atoms with Crippen LogP contribution in [-0.2, 0) is 6.54 Å². The van der Waals surface area contributed by atoms with Gasteiger partial charge in [-0.3, -0.25) is 14.6 Å². The van der Waals surface area contributed by atoms with E-state index in [-0.39, 0.29) is 11.6 Å². The fraction of sp³-hybridized carbons (Fsp3) is 0.136.